The van der Waals surface area contributed by atoms with Gasteiger partial charge in [0.2, 0.25) is 0 Å². The summed E-state index contributed by atoms with van der Waals surface area (Å²) in [6.45, 7) is 8.10. The first kappa shape index (κ1) is 24.7. The number of carbonyl (C=O) groups is 3. The standard InChI is InChI=1S/C23H33ClN2O6/c1-22(2,3)32-20(29)13-8-10-23(4,11-9-13)25-19(28)18(27)17-16(24)15(21(30)31-5)14-7-6-12-26(14)17/h13,20,29H,6-12H2,1-5H3,(H,25,28). The number of aliphatic hydroxyl groups is 1. The molecule has 0 radical (unpaired) electrons. The molecule has 0 aromatic carbocycles. The normalized spacial score (nSPS) is 24.0. The summed E-state index contributed by atoms with van der Waals surface area (Å²) in [5, 5.41) is 13.2. The number of rotatable bonds is 6. The lowest BCUT2D eigenvalue weighted by molar-refractivity contribution is -0.198. The molecule has 2 aliphatic rings. The van der Waals surface area contributed by atoms with Crippen molar-refractivity contribution in [2.24, 2.45) is 5.92 Å². The van der Waals surface area contributed by atoms with Gasteiger partial charge in [0, 0.05) is 23.7 Å². The molecule has 1 saturated carbocycles. The largest absolute Gasteiger partial charge is 0.465 e. The Kier molecular flexibility index (Phi) is 7.08. The molecule has 1 aliphatic carbocycles. The average molecular weight is 469 g/mol. The molecule has 9 heteroatoms. The third-order valence-corrected chi connectivity index (χ3v) is 6.71. The number of methoxy groups -OCH3 is 1. The molecule has 1 atom stereocenters. The van der Waals surface area contributed by atoms with E-state index in [1.165, 1.54) is 7.11 Å². The van der Waals surface area contributed by atoms with E-state index in [0.29, 0.717) is 44.3 Å². The van der Waals surface area contributed by atoms with Crippen LogP contribution in [0.5, 0.6) is 0 Å². The van der Waals surface area contributed by atoms with E-state index in [2.05, 4.69) is 5.32 Å². The third kappa shape index (κ3) is 5.02. The van der Waals surface area contributed by atoms with E-state index < -0.39 is 35.1 Å². The van der Waals surface area contributed by atoms with E-state index in [1.54, 1.807) is 4.57 Å². The molecule has 2 heterocycles. The van der Waals surface area contributed by atoms with Crippen molar-refractivity contribution in [1.29, 1.82) is 0 Å². The maximum atomic E-state index is 13.1. The monoisotopic (exact) mass is 468 g/mol. The Bertz CT molecular complexity index is 909. The van der Waals surface area contributed by atoms with Crippen LogP contribution >= 0.6 is 11.6 Å². The quantitative estimate of drug-likeness (QED) is 0.287. The zero-order valence-electron chi connectivity index (χ0n) is 19.4. The van der Waals surface area contributed by atoms with Gasteiger partial charge >= 0.3 is 5.97 Å². The Labute approximate surface area is 193 Å². The highest BCUT2D eigenvalue weighted by Crippen LogP contribution is 2.36. The number of aromatic nitrogens is 1. The van der Waals surface area contributed by atoms with Gasteiger partial charge in [0.05, 0.1) is 23.3 Å². The lowest BCUT2D eigenvalue weighted by Crippen LogP contribution is -2.51. The number of hydrogen-bond donors (Lipinski definition) is 2. The average Bonchev–Trinajstić information content (AvgIpc) is 3.25. The number of hydrogen-bond acceptors (Lipinski definition) is 6. The highest BCUT2D eigenvalue weighted by molar-refractivity contribution is 6.47. The van der Waals surface area contributed by atoms with Crippen molar-refractivity contribution in [3.63, 3.8) is 0 Å². The Morgan fingerprint density at radius 2 is 1.88 bits per heavy atom. The Balaban J connectivity index is 1.70. The van der Waals surface area contributed by atoms with Crippen molar-refractivity contribution in [2.75, 3.05) is 7.11 Å². The molecule has 1 amide bonds. The minimum atomic E-state index is -0.865. The van der Waals surface area contributed by atoms with Gasteiger partial charge in [-0.3, -0.25) is 9.59 Å². The van der Waals surface area contributed by atoms with Crippen LogP contribution in [0.4, 0.5) is 0 Å². The Morgan fingerprint density at radius 1 is 1.25 bits per heavy atom. The molecule has 0 saturated heterocycles. The molecule has 8 nitrogen and oxygen atoms in total. The lowest BCUT2D eigenvalue weighted by atomic mass is 9.77. The van der Waals surface area contributed by atoms with Crippen LogP contribution in [0.3, 0.4) is 0 Å². The number of nitrogens with zero attached hydrogens (tertiary/aromatic N) is 1. The number of aliphatic hydroxyl groups excluding tert-OH is 1. The molecular formula is C23H33ClN2O6. The van der Waals surface area contributed by atoms with Gasteiger partial charge in [0.15, 0.2) is 6.29 Å². The van der Waals surface area contributed by atoms with E-state index in [9.17, 15) is 19.5 Å². The summed E-state index contributed by atoms with van der Waals surface area (Å²) in [4.78, 5) is 38.1. The smallest absolute Gasteiger partial charge is 0.341 e. The number of esters is 1. The molecule has 1 fully saturated rings. The molecule has 1 aliphatic heterocycles. The minimum Gasteiger partial charge on any atom is -0.465 e. The topological polar surface area (TPSA) is 107 Å². The predicted molar refractivity (Wildman–Crippen MR) is 119 cm³/mol. The molecule has 2 N–H and O–H groups in total. The highest BCUT2D eigenvalue weighted by Gasteiger charge is 2.39. The van der Waals surface area contributed by atoms with E-state index in [-0.39, 0.29) is 22.2 Å². The number of fused-ring (bicyclic) bond motifs is 1. The molecule has 32 heavy (non-hydrogen) atoms. The van der Waals surface area contributed by atoms with Crippen LogP contribution in [0.2, 0.25) is 5.02 Å². The zero-order chi connectivity index (χ0) is 23.8. The van der Waals surface area contributed by atoms with E-state index >= 15 is 0 Å². The molecule has 178 valence electrons. The van der Waals surface area contributed by atoms with Gasteiger partial charge in [-0.25, -0.2) is 4.79 Å². The number of amides is 1. The summed E-state index contributed by atoms with van der Waals surface area (Å²) < 4.78 is 12.1. The van der Waals surface area contributed by atoms with Gasteiger partial charge in [0.1, 0.15) is 5.69 Å². The number of Topliss-reactive ketones (excluding diaryl/α,β-unsaturated/α-hetero) is 1. The van der Waals surface area contributed by atoms with Crippen molar-refractivity contribution in [3.8, 4) is 0 Å². The number of carbonyl (C=O) groups excluding carboxylic acids is 3. The highest BCUT2D eigenvalue weighted by atomic mass is 35.5. The first-order valence-electron chi connectivity index (χ1n) is 11.1. The van der Waals surface area contributed by atoms with Crippen molar-refractivity contribution in [1.82, 2.24) is 9.88 Å². The van der Waals surface area contributed by atoms with Gasteiger partial charge in [-0.2, -0.15) is 0 Å². The maximum absolute atomic E-state index is 13.1. The van der Waals surface area contributed by atoms with Gasteiger partial charge in [0.25, 0.3) is 11.7 Å². The van der Waals surface area contributed by atoms with Crippen LogP contribution in [0, 0.1) is 5.92 Å². The summed E-state index contributed by atoms with van der Waals surface area (Å²) in [5.41, 5.74) is -0.174. The predicted octanol–water partition coefficient (Wildman–Crippen LogP) is 3.26. The number of ketones is 1. The summed E-state index contributed by atoms with van der Waals surface area (Å²) >= 11 is 6.38. The molecule has 0 spiro atoms. The first-order chi connectivity index (χ1) is 14.9. The summed E-state index contributed by atoms with van der Waals surface area (Å²) in [5.74, 6) is -2.14. The maximum Gasteiger partial charge on any atom is 0.341 e. The molecular weight excluding hydrogens is 436 g/mol. The lowest BCUT2D eigenvalue weighted by Gasteiger charge is -2.40. The van der Waals surface area contributed by atoms with Gasteiger partial charge in [-0.1, -0.05) is 11.6 Å². The van der Waals surface area contributed by atoms with E-state index in [4.69, 9.17) is 21.1 Å². The Morgan fingerprint density at radius 3 is 2.44 bits per heavy atom. The number of halogens is 1. The second kappa shape index (κ2) is 9.15. The zero-order valence-corrected chi connectivity index (χ0v) is 20.2. The summed E-state index contributed by atoms with van der Waals surface area (Å²) in [6, 6.07) is 0. The molecule has 1 aromatic rings. The minimum absolute atomic E-state index is 0.0250. The van der Waals surface area contributed by atoms with Crippen molar-refractivity contribution < 1.29 is 29.0 Å². The van der Waals surface area contributed by atoms with Crippen LogP contribution in [-0.4, -0.2) is 51.9 Å². The van der Waals surface area contributed by atoms with Crippen LogP contribution < -0.4 is 5.32 Å². The van der Waals surface area contributed by atoms with Crippen LogP contribution in [-0.2, 0) is 27.2 Å². The fourth-order valence-electron chi connectivity index (χ4n) is 4.66. The first-order valence-corrected chi connectivity index (χ1v) is 11.5. The van der Waals surface area contributed by atoms with E-state index in [0.717, 1.165) is 6.42 Å². The second-order valence-electron chi connectivity index (χ2n) is 10.0. The summed E-state index contributed by atoms with van der Waals surface area (Å²) in [6.07, 6.45) is 3.03. The van der Waals surface area contributed by atoms with Crippen LogP contribution in [0.1, 0.15) is 86.3 Å². The van der Waals surface area contributed by atoms with Crippen LogP contribution in [0.15, 0.2) is 0 Å². The SMILES string of the molecule is COC(=O)c1c(Cl)c(C(=O)C(=O)NC2(C)CCC(C(O)OC(C)(C)C)CC2)n2c1CCC2. The summed E-state index contributed by atoms with van der Waals surface area (Å²) in [7, 11) is 1.26. The van der Waals surface area contributed by atoms with Gasteiger partial charge < -0.3 is 24.5 Å². The molecule has 1 unspecified atom stereocenters. The second-order valence-corrected chi connectivity index (χ2v) is 10.4. The molecule has 1 aromatic heterocycles. The van der Waals surface area contributed by atoms with E-state index in [1.807, 2.05) is 27.7 Å². The number of ether oxygens (including phenoxy) is 2. The van der Waals surface area contributed by atoms with Gasteiger partial charge in [-0.15, -0.1) is 0 Å². The van der Waals surface area contributed by atoms with Crippen molar-refractivity contribution in [2.45, 2.75) is 90.2 Å². The molecule has 0 bridgehead atoms. The Hall–Kier alpha value is -1.90. The molecule has 3 rings (SSSR count). The van der Waals surface area contributed by atoms with Crippen molar-refractivity contribution in [3.05, 3.63) is 22.0 Å². The third-order valence-electron chi connectivity index (χ3n) is 6.34. The fraction of sp³-hybridized carbons (Fsp3) is 0.696. The van der Waals surface area contributed by atoms with Crippen molar-refractivity contribution >= 4 is 29.3 Å². The van der Waals surface area contributed by atoms with Gasteiger partial charge in [-0.05, 0) is 66.2 Å². The fourth-order valence-corrected chi connectivity index (χ4v) is 5.03. The van der Waals surface area contributed by atoms with Crippen LogP contribution in [0.25, 0.3) is 0 Å². The number of nitrogens with one attached hydrogen (secondary N) is 1.